The second-order valence-corrected chi connectivity index (χ2v) is 17.2. The van der Waals surface area contributed by atoms with Gasteiger partial charge in [-0.15, -0.1) is 0 Å². The second kappa shape index (κ2) is 10.6. The first-order valence-corrected chi connectivity index (χ1v) is 17.5. The molecule has 4 unspecified atom stereocenters. The van der Waals surface area contributed by atoms with Crippen molar-refractivity contribution < 1.29 is 48.6 Å². The van der Waals surface area contributed by atoms with Crippen LogP contribution in [-0.4, -0.2) is 94.8 Å². The van der Waals surface area contributed by atoms with Crippen LogP contribution in [0.3, 0.4) is 0 Å². The van der Waals surface area contributed by atoms with Gasteiger partial charge in [0.25, 0.3) is 0 Å². The largest absolute Gasteiger partial charge is 0.457 e. The quantitative estimate of drug-likeness (QED) is 0.264. The highest BCUT2D eigenvalue weighted by Gasteiger charge is 2.84. The van der Waals surface area contributed by atoms with Gasteiger partial charge in [0.1, 0.15) is 25.0 Å². The summed E-state index contributed by atoms with van der Waals surface area (Å²) in [5.74, 6) is 0.580. The first kappa shape index (κ1) is 32.7. The van der Waals surface area contributed by atoms with Crippen molar-refractivity contribution >= 4 is 5.97 Å². The van der Waals surface area contributed by atoms with Gasteiger partial charge in [-0.05, 0) is 96.7 Å². The van der Waals surface area contributed by atoms with E-state index in [-0.39, 0.29) is 51.6 Å². The molecule has 2 spiro atoms. The van der Waals surface area contributed by atoms with Gasteiger partial charge < -0.3 is 39.4 Å². The summed E-state index contributed by atoms with van der Waals surface area (Å²) in [5, 5.41) is 43.1. The van der Waals surface area contributed by atoms with Gasteiger partial charge in [-0.3, -0.25) is 4.79 Å². The van der Waals surface area contributed by atoms with Crippen molar-refractivity contribution in [3.8, 4) is 0 Å². The molecule has 9 nitrogen and oxygen atoms in total. The van der Waals surface area contributed by atoms with Gasteiger partial charge in [0.05, 0.1) is 31.0 Å². The van der Waals surface area contributed by atoms with Gasteiger partial charge in [0.15, 0.2) is 12.4 Å². The lowest BCUT2D eigenvalue weighted by Crippen LogP contribution is -2.61. The molecule has 7 rings (SSSR count). The maximum atomic E-state index is 14.1. The van der Waals surface area contributed by atoms with Gasteiger partial charge in [-0.1, -0.05) is 34.6 Å². The molecule has 256 valence electrons. The molecule has 0 aromatic carbocycles. The highest BCUT2D eigenvalue weighted by Crippen LogP contribution is 2.89. The zero-order chi connectivity index (χ0) is 32.5. The monoisotopic (exact) mass is 638 g/mol. The highest BCUT2D eigenvalue weighted by atomic mass is 19.1. The Hall–Kier alpha value is -0.880. The predicted molar refractivity (Wildman–Crippen MR) is 160 cm³/mol. The Kier molecular flexibility index (Phi) is 7.66. The normalized spacial score (nSPS) is 57.0. The summed E-state index contributed by atoms with van der Waals surface area (Å²) in [6.45, 7) is 11.9. The molecule has 7 fully saturated rings. The number of halogens is 1. The fourth-order valence-electron chi connectivity index (χ4n) is 13.3. The van der Waals surface area contributed by atoms with E-state index in [1.54, 1.807) is 0 Å². The van der Waals surface area contributed by atoms with Crippen molar-refractivity contribution in [1.82, 2.24) is 0 Å². The number of carbonyl (C=O) groups excluding carboxylic acids is 1. The predicted octanol–water partition coefficient (Wildman–Crippen LogP) is 3.53. The fourth-order valence-corrected chi connectivity index (χ4v) is 13.3. The number of aliphatic hydroxyl groups is 4. The van der Waals surface area contributed by atoms with Gasteiger partial charge in [0.2, 0.25) is 0 Å². The van der Waals surface area contributed by atoms with Crippen LogP contribution >= 0.6 is 0 Å². The molecule has 4 N–H and O–H groups in total. The van der Waals surface area contributed by atoms with Crippen LogP contribution < -0.4 is 0 Å². The number of fused-ring (bicyclic) bond motifs is 4. The Morgan fingerprint density at radius 3 is 2.36 bits per heavy atom. The topological polar surface area (TPSA) is 135 Å². The number of alkyl halides is 1. The van der Waals surface area contributed by atoms with Crippen LogP contribution in [0.4, 0.5) is 4.39 Å². The van der Waals surface area contributed by atoms with E-state index in [1.165, 1.54) is 6.92 Å². The minimum Gasteiger partial charge on any atom is -0.457 e. The van der Waals surface area contributed by atoms with E-state index in [0.29, 0.717) is 18.3 Å². The number of aliphatic hydroxyl groups excluding tert-OH is 4. The molecule has 45 heavy (non-hydrogen) atoms. The summed E-state index contributed by atoms with van der Waals surface area (Å²) < 4.78 is 38.0. The highest BCUT2D eigenvalue weighted by molar-refractivity contribution is 5.66. The summed E-state index contributed by atoms with van der Waals surface area (Å²) in [5.41, 5.74) is -0.369. The van der Waals surface area contributed by atoms with E-state index in [0.717, 1.165) is 44.9 Å². The first-order chi connectivity index (χ1) is 21.1. The third-order valence-corrected chi connectivity index (χ3v) is 15.4. The van der Waals surface area contributed by atoms with Crippen LogP contribution in [0.15, 0.2) is 0 Å². The average molecular weight is 639 g/mol. The molecule has 0 aromatic rings. The van der Waals surface area contributed by atoms with Gasteiger partial charge in [-0.2, -0.15) is 0 Å². The number of ether oxygens (including phenoxy) is 4. The summed E-state index contributed by atoms with van der Waals surface area (Å²) in [6, 6.07) is 0. The van der Waals surface area contributed by atoms with Crippen LogP contribution in [0.5, 0.6) is 0 Å². The van der Waals surface area contributed by atoms with E-state index >= 15 is 0 Å². The van der Waals surface area contributed by atoms with E-state index in [4.69, 9.17) is 18.9 Å². The molecule has 10 heteroatoms. The molecule has 7 aliphatic rings. The third-order valence-electron chi connectivity index (χ3n) is 15.4. The van der Waals surface area contributed by atoms with Crippen LogP contribution in [0.1, 0.15) is 92.9 Å². The Balaban J connectivity index is 1.14. The Morgan fingerprint density at radius 2 is 1.67 bits per heavy atom. The SMILES string of the molecule is CC(=O)OC(CF)[C@H]1C[C@@H](C)C2C(O1)[C@H](O)[C@@]1(C)[C@@H]3CC[C@H]4C(C)(C)[C@@H](OC5OC[C@@H](O)[C@H](O)[C@H]5O)CC[C@@]45C[C@@]35CC[C@]21C. The first-order valence-electron chi connectivity index (χ1n) is 17.5. The maximum Gasteiger partial charge on any atom is 0.303 e. The third kappa shape index (κ3) is 4.18. The molecule has 5 aliphatic carbocycles. The number of esters is 1. The van der Waals surface area contributed by atoms with Crippen molar-refractivity contribution in [3.05, 3.63) is 0 Å². The van der Waals surface area contributed by atoms with Crippen LogP contribution in [0, 0.1) is 50.7 Å². The van der Waals surface area contributed by atoms with Crippen LogP contribution in [0.25, 0.3) is 0 Å². The molecule has 5 saturated carbocycles. The average Bonchev–Trinajstić information content (AvgIpc) is 3.61. The molecule has 0 amide bonds. The molecular weight excluding hydrogens is 583 g/mol. The lowest BCUT2D eigenvalue weighted by Gasteiger charge is -2.64. The fraction of sp³-hybridized carbons (Fsp3) is 0.971. The minimum atomic E-state index is -1.30. The zero-order valence-corrected chi connectivity index (χ0v) is 27.8. The molecule has 2 heterocycles. The molecule has 2 aliphatic heterocycles. The van der Waals surface area contributed by atoms with Crippen LogP contribution in [-0.2, 0) is 23.7 Å². The molecule has 2 saturated heterocycles. The molecule has 0 radical (unpaired) electrons. The summed E-state index contributed by atoms with van der Waals surface area (Å²) >= 11 is 0. The van der Waals surface area contributed by atoms with Gasteiger partial charge in [0, 0.05) is 12.3 Å². The summed E-state index contributed by atoms with van der Waals surface area (Å²) in [7, 11) is 0. The smallest absolute Gasteiger partial charge is 0.303 e. The molecule has 0 bridgehead atoms. The number of carbonyl (C=O) groups is 1. The van der Waals surface area contributed by atoms with Crippen molar-refractivity contribution in [1.29, 1.82) is 0 Å². The Bertz CT molecular complexity index is 1180. The van der Waals surface area contributed by atoms with E-state index in [2.05, 4.69) is 34.6 Å². The summed E-state index contributed by atoms with van der Waals surface area (Å²) in [4.78, 5) is 11.7. The lowest BCUT2D eigenvalue weighted by atomic mass is 9.41. The minimum absolute atomic E-state index is 0.0723. The van der Waals surface area contributed by atoms with Gasteiger partial charge in [-0.25, -0.2) is 4.39 Å². The van der Waals surface area contributed by atoms with E-state index < -0.39 is 61.7 Å². The molecular formula is C35H55FO9. The summed E-state index contributed by atoms with van der Waals surface area (Å²) in [6.07, 6.45) is 0.303. The Morgan fingerprint density at radius 1 is 0.978 bits per heavy atom. The van der Waals surface area contributed by atoms with Gasteiger partial charge >= 0.3 is 5.97 Å². The van der Waals surface area contributed by atoms with Crippen LogP contribution in [0.2, 0.25) is 0 Å². The number of rotatable bonds is 5. The van der Waals surface area contributed by atoms with E-state index in [1.807, 2.05) is 0 Å². The zero-order valence-electron chi connectivity index (χ0n) is 27.8. The standard InChI is InChI=1S/C35H55FO9/c1-17-13-20(21(14-36)43-18(2)37)44-28-25(17)32(5)11-12-35-16-34(35)10-9-24(45-30-27(40)26(39)19(38)15-42-30)31(3,4)22(34)7-8-23(35)33(32,6)29(28)41/h17,19-30,38-41H,7-16H2,1-6H3/t17-,19-,20-,21?,22+,23+,24+,25?,26+,27-,28?,29+,30?,32-,33-,34-,35+/m1/s1. The maximum absolute atomic E-state index is 14.1. The van der Waals surface area contributed by atoms with Crippen molar-refractivity contribution in [2.75, 3.05) is 13.3 Å². The molecule has 0 aromatic heterocycles. The number of hydrogen-bond acceptors (Lipinski definition) is 9. The Labute approximate surface area is 266 Å². The lowest BCUT2D eigenvalue weighted by molar-refractivity contribution is -0.303. The molecule has 17 atom stereocenters. The van der Waals surface area contributed by atoms with Crippen molar-refractivity contribution in [2.24, 2.45) is 50.7 Å². The van der Waals surface area contributed by atoms with Crippen molar-refractivity contribution in [2.45, 2.75) is 148 Å². The van der Waals surface area contributed by atoms with E-state index in [9.17, 15) is 29.6 Å². The van der Waals surface area contributed by atoms with Crippen molar-refractivity contribution in [3.63, 3.8) is 0 Å². The second-order valence-electron chi connectivity index (χ2n) is 17.2. The number of hydrogen-bond donors (Lipinski definition) is 4.